The van der Waals surface area contributed by atoms with Gasteiger partial charge in [-0.1, -0.05) is 78.9 Å². The molecule has 5 nitrogen and oxygen atoms in total. The van der Waals surface area contributed by atoms with E-state index in [0.717, 1.165) is 16.7 Å². The Balaban J connectivity index is 1.23. The maximum Gasteiger partial charge on any atom is 0.410 e. The SMILES string of the molecule is O=C(OCC1c2ccccc2-c2ccccc21)N1C2C=C(c3ccccc3CO)CC1COC2. The van der Waals surface area contributed by atoms with E-state index in [1.807, 2.05) is 41.3 Å². The summed E-state index contributed by atoms with van der Waals surface area (Å²) in [6, 6.07) is 24.4. The molecule has 1 N–H and O–H groups in total. The molecule has 34 heavy (non-hydrogen) atoms. The van der Waals surface area contributed by atoms with Gasteiger partial charge in [0, 0.05) is 5.92 Å². The number of hydrogen-bond acceptors (Lipinski definition) is 4. The number of nitrogens with zero attached hydrogens (tertiary/aromatic N) is 1. The second-order valence-electron chi connectivity index (χ2n) is 9.18. The molecule has 6 rings (SSSR count). The van der Waals surface area contributed by atoms with Gasteiger partial charge in [-0.25, -0.2) is 4.79 Å². The molecule has 0 spiro atoms. The fourth-order valence-electron chi connectivity index (χ4n) is 5.72. The van der Waals surface area contributed by atoms with Crippen LogP contribution in [0.2, 0.25) is 0 Å². The molecule has 2 heterocycles. The second-order valence-corrected chi connectivity index (χ2v) is 9.18. The third kappa shape index (κ3) is 3.52. The van der Waals surface area contributed by atoms with Gasteiger partial charge in [0.2, 0.25) is 0 Å². The average molecular weight is 454 g/mol. The maximum absolute atomic E-state index is 13.3. The first-order valence-corrected chi connectivity index (χ1v) is 11.9. The van der Waals surface area contributed by atoms with Crippen molar-refractivity contribution in [3.05, 3.63) is 101 Å². The minimum absolute atomic E-state index is 0.00452. The predicted molar refractivity (Wildman–Crippen MR) is 130 cm³/mol. The zero-order valence-electron chi connectivity index (χ0n) is 18.9. The van der Waals surface area contributed by atoms with E-state index in [-0.39, 0.29) is 30.7 Å². The third-order valence-corrected chi connectivity index (χ3v) is 7.28. The number of rotatable bonds is 4. The van der Waals surface area contributed by atoms with Gasteiger partial charge in [-0.2, -0.15) is 0 Å². The van der Waals surface area contributed by atoms with Crippen LogP contribution in [0.15, 0.2) is 78.9 Å². The fourth-order valence-corrected chi connectivity index (χ4v) is 5.72. The van der Waals surface area contributed by atoms with E-state index in [4.69, 9.17) is 9.47 Å². The maximum atomic E-state index is 13.3. The minimum atomic E-state index is -0.286. The standard InChI is InChI=1S/C29H27NO4/c31-15-19-7-1-2-8-23(19)20-13-21-16-33-17-22(14-20)30(21)29(32)34-18-28-26-11-5-3-9-24(26)25-10-4-6-12-27(25)28/h1-13,21-22,28,31H,14-18H2. The second kappa shape index (κ2) is 8.75. The van der Waals surface area contributed by atoms with Gasteiger partial charge in [-0.05, 0) is 45.4 Å². The van der Waals surface area contributed by atoms with Crippen molar-refractivity contribution in [2.45, 2.75) is 31.0 Å². The molecule has 172 valence electrons. The number of aliphatic hydroxyl groups is 1. The van der Waals surface area contributed by atoms with Crippen molar-refractivity contribution in [2.75, 3.05) is 19.8 Å². The van der Waals surface area contributed by atoms with Crippen molar-refractivity contribution in [1.82, 2.24) is 4.90 Å². The summed E-state index contributed by atoms with van der Waals surface area (Å²) in [5.74, 6) is 0.0414. The number of benzene rings is 3. The molecule has 2 aliphatic heterocycles. The molecule has 1 saturated heterocycles. The Kier molecular flexibility index (Phi) is 5.44. The van der Waals surface area contributed by atoms with Gasteiger partial charge in [0.25, 0.3) is 0 Å². The largest absolute Gasteiger partial charge is 0.448 e. The molecule has 3 aromatic rings. The first-order chi connectivity index (χ1) is 16.7. The summed E-state index contributed by atoms with van der Waals surface area (Å²) >= 11 is 0. The highest BCUT2D eigenvalue weighted by atomic mass is 16.6. The lowest BCUT2D eigenvalue weighted by Crippen LogP contribution is -2.56. The van der Waals surface area contributed by atoms with Gasteiger partial charge in [-0.3, -0.25) is 4.90 Å². The molecule has 0 saturated carbocycles. The molecule has 1 fully saturated rings. The number of carbonyl (C=O) groups is 1. The molecule has 3 aromatic carbocycles. The molecule has 5 heteroatoms. The van der Waals surface area contributed by atoms with Crippen molar-refractivity contribution < 1.29 is 19.4 Å². The predicted octanol–water partition coefficient (Wildman–Crippen LogP) is 4.98. The number of amides is 1. The van der Waals surface area contributed by atoms with Crippen LogP contribution in [0.25, 0.3) is 16.7 Å². The first kappa shape index (κ1) is 21.1. The van der Waals surface area contributed by atoms with Crippen LogP contribution in [0.5, 0.6) is 0 Å². The lowest BCUT2D eigenvalue weighted by atomic mass is 9.88. The summed E-state index contributed by atoms with van der Waals surface area (Å²) in [6.45, 7) is 1.24. The number of morpholine rings is 1. The monoisotopic (exact) mass is 453 g/mol. The van der Waals surface area contributed by atoms with E-state index >= 15 is 0 Å². The van der Waals surface area contributed by atoms with Crippen molar-refractivity contribution in [3.8, 4) is 11.1 Å². The Morgan fingerprint density at radius 3 is 2.24 bits per heavy atom. The number of aliphatic hydroxyl groups excluding tert-OH is 1. The number of ether oxygens (including phenoxy) is 2. The van der Waals surface area contributed by atoms with Crippen molar-refractivity contribution in [2.24, 2.45) is 0 Å². The molecular weight excluding hydrogens is 426 g/mol. The van der Waals surface area contributed by atoms with Crippen LogP contribution < -0.4 is 0 Å². The van der Waals surface area contributed by atoms with Gasteiger partial charge in [0.05, 0.1) is 31.9 Å². The summed E-state index contributed by atoms with van der Waals surface area (Å²) < 4.78 is 11.7. The summed E-state index contributed by atoms with van der Waals surface area (Å²) in [4.78, 5) is 15.2. The normalized spacial score (nSPS) is 21.0. The summed E-state index contributed by atoms with van der Waals surface area (Å²) in [6.07, 6.45) is 2.49. The number of hydrogen-bond donors (Lipinski definition) is 1. The molecule has 3 aliphatic rings. The summed E-state index contributed by atoms with van der Waals surface area (Å²) in [5.41, 5.74) is 7.97. The summed E-state index contributed by atoms with van der Waals surface area (Å²) in [5, 5.41) is 9.77. The van der Waals surface area contributed by atoms with Crippen LogP contribution in [0, 0.1) is 0 Å². The highest BCUT2D eigenvalue weighted by Crippen LogP contribution is 2.44. The summed E-state index contributed by atoms with van der Waals surface area (Å²) in [7, 11) is 0. The van der Waals surface area contributed by atoms with Gasteiger partial charge < -0.3 is 14.6 Å². The zero-order valence-corrected chi connectivity index (χ0v) is 18.9. The smallest absolute Gasteiger partial charge is 0.410 e. The molecule has 2 bridgehead atoms. The lowest BCUT2D eigenvalue weighted by Gasteiger charge is -2.44. The topological polar surface area (TPSA) is 59.0 Å². The van der Waals surface area contributed by atoms with Crippen LogP contribution in [0.3, 0.4) is 0 Å². The van der Waals surface area contributed by atoms with Gasteiger partial charge in [0.15, 0.2) is 0 Å². The van der Waals surface area contributed by atoms with Crippen LogP contribution in [0.4, 0.5) is 4.79 Å². The fraction of sp³-hybridized carbons (Fsp3) is 0.276. The van der Waals surface area contributed by atoms with Crippen LogP contribution in [-0.4, -0.2) is 48.0 Å². The first-order valence-electron chi connectivity index (χ1n) is 11.9. The Bertz CT molecular complexity index is 1220. The molecule has 0 radical (unpaired) electrons. The Morgan fingerprint density at radius 2 is 1.56 bits per heavy atom. The molecular formula is C29H27NO4. The molecule has 0 aromatic heterocycles. The van der Waals surface area contributed by atoms with E-state index in [9.17, 15) is 9.90 Å². The van der Waals surface area contributed by atoms with Crippen molar-refractivity contribution in [1.29, 1.82) is 0 Å². The molecule has 1 aliphatic carbocycles. The van der Waals surface area contributed by atoms with Gasteiger partial charge in [-0.15, -0.1) is 0 Å². The van der Waals surface area contributed by atoms with Crippen molar-refractivity contribution >= 4 is 11.7 Å². The number of carbonyl (C=O) groups excluding carboxylic acids is 1. The van der Waals surface area contributed by atoms with E-state index in [0.29, 0.717) is 26.2 Å². The highest BCUT2D eigenvalue weighted by molar-refractivity contribution is 5.79. The van der Waals surface area contributed by atoms with E-state index in [1.165, 1.54) is 22.3 Å². The Labute approximate surface area is 199 Å². The molecule has 2 atom stereocenters. The Hall–Kier alpha value is -3.41. The van der Waals surface area contributed by atoms with E-state index in [2.05, 4.69) is 42.5 Å². The van der Waals surface area contributed by atoms with E-state index < -0.39 is 0 Å². The van der Waals surface area contributed by atoms with Crippen LogP contribution in [0.1, 0.15) is 34.6 Å². The highest BCUT2D eigenvalue weighted by Gasteiger charge is 2.40. The minimum Gasteiger partial charge on any atom is -0.448 e. The van der Waals surface area contributed by atoms with Gasteiger partial charge >= 0.3 is 6.09 Å². The lowest BCUT2D eigenvalue weighted by molar-refractivity contribution is -0.0331. The quantitative estimate of drug-likeness (QED) is 0.605. The Morgan fingerprint density at radius 1 is 0.912 bits per heavy atom. The van der Waals surface area contributed by atoms with Crippen LogP contribution in [-0.2, 0) is 16.1 Å². The molecule has 1 amide bonds. The van der Waals surface area contributed by atoms with E-state index in [1.54, 1.807) is 0 Å². The van der Waals surface area contributed by atoms with Gasteiger partial charge in [0.1, 0.15) is 6.61 Å². The number of fused-ring (bicyclic) bond motifs is 5. The van der Waals surface area contributed by atoms with Crippen molar-refractivity contribution in [3.63, 3.8) is 0 Å². The third-order valence-electron chi connectivity index (χ3n) is 7.28. The molecule has 2 unspecified atom stereocenters. The van der Waals surface area contributed by atoms with Crippen LogP contribution >= 0.6 is 0 Å². The average Bonchev–Trinajstić information content (AvgIpc) is 3.20. The zero-order chi connectivity index (χ0) is 23.1.